The number of hydrogen-bond donors (Lipinski definition) is 6. The first-order valence-corrected chi connectivity index (χ1v) is 19.9. The molecule has 2 aliphatic carbocycles. The number of nitrogens with zero attached hydrogens (tertiary/aromatic N) is 1. The molecule has 2 aromatic rings. The summed E-state index contributed by atoms with van der Waals surface area (Å²) >= 11 is 0. The highest BCUT2D eigenvalue weighted by Gasteiger charge is 2.54. The number of phenolic OH excluding ortho intramolecular Hbond substituents is 3. The van der Waals surface area contributed by atoms with Crippen LogP contribution in [0.2, 0.25) is 0 Å². The van der Waals surface area contributed by atoms with Crippen molar-refractivity contribution < 1.29 is 77.9 Å². The molecule has 60 heavy (non-hydrogen) atoms. The van der Waals surface area contributed by atoms with Crippen LogP contribution in [0, 0.1) is 0 Å². The van der Waals surface area contributed by atoms with E-state index in [-0.39, 0.29) is 59.9 Å². The van der Waals surface area contributed by atoms with E-state index in [2.05, 4.69) is 0 Å². The van der Waals surface area contributed by atoms with Crippen molar-refractivity contribution in [2.45, 2.75) is 133 Å². The van der Waals surface area contributed by atoms with Gasteiger partial charge in [0.15, 0.2) is 30.4 Å². The van der Waals surface area contributed by atoms with E-state index in [1.807, 2.05) is 19.0 Å². The van der Waals surface area contributed by atoms with Crippen LogP contribution in [-0.2, 0) is 42.7 Å². The van der Waals surface area contributed by atoms with Gasteiger partial charge in [-0.25, -0.2) is 0 Å². The minimum Gasteiger partial charge on any atom is -0.507 e. The van der Waals surface area contributed by atoms with Crippen molar-refractivity contribution in [3.63, 3.8) is 0 Å². The zero-order valence-corrected chi connectivity index (χ0v) is 34.3. The predicted octanol–water partition coefficient (Wildman–Crippen LogP) is 1.93. The zero-order valence-electron chi connectivity index (χ0n) is 34.3. The topological polar surface area (TPSA) is 263 Å². The summed E-state index contributed by atoms with van der Waals surface area (Å²) in [6.45, 7) is 6.71. The Morgan fingerprint density at radius 2 is 1.52 bits per heavy atom. The van der Waals surface area contributed by atoms with Crippen LogP contribution in [0.5, 0.6) is 17.2 Å². The Kier molecular flexibility index (Phi) is 11.9. The monoisotopic (exact) mass is 840 g/mol. The minimum absolute atomic E-state index is 0.0145. The fourth-order valence-corrected chi connectivity index (χ4v) is 9.16. The van der Waals surface area contributed by atoms with Gasteiger partial charge in [0.25, 0.3) is 0 Å². The summed E-state index contributed by atoms with van der Waals surface area (Å²) in [4.78, 5) is 55.2. The Labute approximate surface area is 345 Å². The highest BCUT2D eigenvalue weighted by Crippen LogP contribution is 2.54. The summed E-state index contributed by atoms with van der Waals surface area (Å²) < 4.78 is 42.3. The first-order chi connectivity index (χ1) is 28.3. The molecule has 18 heteroatoms. The van der Waals surface area contributed by atoms with Gasteiger partial charge in [0.1, 0.15) is 41.5 Å². The number of ether oxygens (including phenoxy) is 7. The number of ketones is 3. The number of likely N-dealkylation sites (N-methyl/N-ethyl adjacent to an activating group) is 1. The van der Waals surface area contributed by atoms with Gasteiger partial charge in [-0.3, -0.25) is 19.2 Å². The fourth-order valence-electron chi connectivity index (χ4n) is 9.16. The number of methoxy groups -OCH3 is 1. The molecule has 326 valence electrons. The van der Waals surface area contributed by atoms with Crippen molar-refractivity contribution in [1.29, 1.82) is 0 Å². The van der Waals surface area contributed by atoms with Crippen molar-refractivity contribution in [1.82, 2.24) is 4.90 Å². The molecule has 5 aliphatic rings. The van der Waals surface area contributed by atoms with Crippen LogP contribution >= 0.6 is 0 Å². The first-order valence-electron chi connectivity index (χ1n) is 19.9. The molecule has 13 unspecified atom stereocenters. The quantitative estimate of drug-likeness (QED) is 0.133. The Balaban J connectivity index is 1.15. The normalized spacial score (nSPS) is 35.4. The molecule has 7 rings (SSSR count). The van der Waals surface area contributed by atoms with Gasteiger partial charge >= 0.3 is 5.97 Å². The third kappa shape index (κ3) is 7.47. The van der Waals surface area contributed by atoms with Crippen LogP contribution < -0.4 is 5.73 Å². The number of aliphatic hydroxyl groups is 2. The number of fused-ring (bicyclic) bond motifs is 3. The molecule has 18 nitrogen and oxygen atoms in total. The summed E-state index contributed by atoms with van der Waals surface area (Å²) in [6.07, 6.45) is -7.59. The van der Waals surface area contributed by atoms with Crippen LogP contribution in [-0.4, -0.2) is 142 Å². The molecule has 0 radical (unpaired) electrons. The van der Waals surface area contributed by atoms with Gasteiger partial charge in [0, 0.05) is 42.5 Å². The van der Waals surface area contributed by atoms with Crippen LogP contribution in [0.4, 0.5) is 0 Å². The van der Waals surface area contributed by atoms with Crippen molar-refractivity contribution in [3.05, 3.63) is 63.4 Å². The van der Waals surface area contributed by atoms with E-state index < -0.39 is 125 Å². The molecule has 0 saturated carbocycles. The van der Waals surface area contributed by atoms with E-state index in [4.69, 9.17) is 38.9 Å². The van der Waals surface area contributed by atoms with Gasteiger partial charge in [0.2, 0.25) is 5.78 Å². The summed E-state index contributed by atoms with van der Waals surface area (Å²) in [7, 11) is 4.81. The van der Waals surface area contributed by atoms with E-state index in [9.17, 15) is 44.7 Å². The molecule has 3 aliphatic heterocycles. The third-order valence-corrected chi connectivity index (χ3v) is 12.4. The number of nitrogens with two attached hydrogens (primary N) is 1. The molecule has 3 heterocycles. The number of rotatable bonds is 9. The molecule has 2 saturated heterocycles. The maximum atomic E-state index is 14.0. The number of esters is 1. The van der Waals surface area contributed by atoms with E-state index in [1.165, 1.54) is 12.1 Å². The van der Waals surface area contributed by atoms with Gasteiger partial charge in [0.05, 0.1) is 59.5 Å². The maximum absolute atomic E-state index is 14.0. The number of carbonyl (C=O) groups is 4. The molecular weight excluding hydrogens is 788 g/mol. The largest absolute Gasteiger partial charge is 0.507 e. The minimum atomic E-state index is -1.82. The lowest BCUT2D eigenvalue weighted by atomic mass is 9.67. The number of benzene rings is 2. The molecule has 0 aromatic heterocycles. The van der Waals surface area contributed by atoms with Crippen LogP contribution in [0.25, 0.3) is 0 Å². The Morgan fingerprint density at radius 1 is 0.900 bits per heavy atom. The van der Waals surface area contributed by atoms with E-state index in [0.717, 1.165) is 19.2 Å². The van der Waals surface area contributed by atoms with Crippen molar-refractivity contribution in [3.8, 4) is 17.2 Å². The molecule has 0 amide bonds. The summed E-state index contributed by atoms with van der Waals surface area (Å²) in [5, 5.41) is 56.5. The Hall–Kier alpha value is -4.50. The van der Waals surface area contributed by atoms with Crippen LogP contribution in [0.15, 0.2) is 30.0 Å². The van der Waals surface area contributed by atoms with Crippen molar-refractivity contribution in [2.24, 2.45) is 5.73 Å². The SMILES string of the molecule is CCC1(O)CC(OC2CC(N(C)C)C(OC3CC(O)C(OC4OC(C)C(=O)C=C4N)C(C)O3)C(C)O2)c2c(cc3c(c2O)C(=O)c2c(O)ccc(O)c2C3=O)C1C(=O)OC. The van der Waals surface area contributed by atoms with E-state index in [0.29, 0.717) is 0 Å². The molecule has 0 bridgehead atoms. The van der Waals surface area contributed by atoms with Gasteiger partial charge in [-0.2, -0.15) is 0 Å². The van der Waals surface area contributed by atoms with E-state index >= 15 is 0 Å². The summed E-state index contributed by atoms with van der Waals surface area (Å²) in [6, 6.07) is 2.97. The lowest BCUT2D eigenvalue weighted by Gasteiger charge is -2.48. The highest BCUT2D eigenvalue weighted by atomic mass is 16.7. The van der Waals surface area contributed by atoms with E-state index in [1.54, 1.807) is 27.7 Å². The molecule has 0 spiro atoms. The van der Waals surface area contributed by atoms with Gasteiger partial charge in [-0.1, -0.05) is 6.92 Å². The number of aliphatic hydroxyl groups excluding tert-OH is 1. The summed E-state index contributed by atoms with van der Waals surface area (Å²) in [5.74, 6) is -6.24. The van der Waals surface area contributed by atoms with Crippen LogP contribution in [0.3, 0.4) is 0 Å². The number of carbonyl (C=O) groups excluding carboxylic acids is 4. The van der Waals surface area contributed by atoms with Gasteiger partial charge in [-0.15, -0.1) is 0 Å². The Bertz CT molecular complexity index is 2090. The highest BCUT2D eigenvalue weighted by molar-refractivity contribution is 6.31. The second-order valence-corrected chi connectivity index (χ2v) is 16.4. The Morgan fingerprint density at radius 3 is 2.12 bits per heavy atom. The average molecular weight is 841 g/mol. The van der Waals surface area contributed by atoms with Crippen molar-refractivity contribution >= 4 is 23.3 Å². The van der Waals surface area contributed by atoms with Gasteiger partial charge < -0.3 is 69.3 Å². The number of hydrogen-bond acceptors (Lipinski definition) is 18. The lowest BCUT2D eigenvalue weighted by Crippen LogP contribution is -2.58. The second-order valence-electron chi connectivity index (χ2n) is 16.4. The van der Waals surface area contributed by atoms with Gasteiger partial charge in [-0.05, 0) is 65.0 Å². The lowest BCUT2D eigenvalue weighted by molar-refractivity contribution is -0.321. The first kappa shape index (κ1) is 43.6. The fraction of sp³-hybridized carbons (Fsp3) is 0.571. The van der Waals surface area contributed by atoms with Crippen molar-refractivity contribution in [2.75, 3.05) is 21.2 Å². The average Bonchev–Trinajstić information content (AvgIpc) is 3.18. The maximum Gasteiger partial charge on any atom is 0.316 e. The molecule has 7 N–H and O–H groups in total. The summed E-state index contributed by atoms with van der Waals surface area (Å²) in [5.41, 5.74) is 2.42. The van der Waals surface area contributed by atoms with Crippen LogP contribution in [0.1, 0.15) is 108 Å². The third-order valence-electron chi connectivity index (χ3n) is 12.4. The zero-order chi connectivity index (χ0) is 43.7. The second kappa shape index (κ2) is 16.4. The molecular formula is C42H52N2O16. The smallest absolute Gasteiger partial charge is 0.316 e. The molecule has 2 fully saturated rings. The molecule has 2 aromatic carbocycles. The number of phenols is 3. The standard InChI is InChI=1S/C42H52N2O16/c1-8-42(53)15-27(30-19(34(42)40(52)54-7)11-20-31(36(30)50)37(51)33-24(46)10-9-23(45)32(33)35(20)49)58-28-13-22(44(5)6)38(17(3)55-28)59-29-14-26(48)39(18(4)56-29)60-41-21(43)12-25(47)16(2)57-41/h9-12,16-18,22,26-29,34,38-39,41,45-46,48,50,53H,8,13-15,43H2,1-7H3. The predicted molar refractivity (Wildman–Crippen MR) is 206 cm³/mol. The molecule has 13 atom stereocenters. The number of aromatic hydroxyl groups is 3.